The van der Waals surface area contributed by atoms with Crippen LogP contribution in [0.15, 0.2) is 18.7 Å². The van der Waals surface area contributed by atoms with Crippen molar-refractivity contribution in [3.05, 3.63) is 18.7 Å². The van der Waals surface area contributed by atoms with Crippen molar-refractivity contribution in [3.8, 4) is 0 Å². The molecule has 0 aliphatic rings. The lowest BCUT2D eigenvalue weighted by atomic mass is 10.2. The van der Waals surface area contributed by atoms with Gasteiger partial charge in [-0.05, 0) is 26.7 Å². The molecule has 1 amide bonds. The number of rotatable bonds is 7. The van der Waals surface area contributed by atoms with Crippen molar-refractivity contribution in [1.82, 2.24) is 14.9 Å². The van der Waals surface area contributed by atoms with Crippen LogP contribution >= 0.6 is 0 Å². The van der Waals surface area contributed by atoms with E-state index in [2.05, 4.69) is 14.9 Å². The highest BCUT2D eigenvalue weighted by Gasteiger charge is 2.02. The number of carbonyl (C=O) groups excluding carboxylic acids is 1. The molecule has 0 aliphatic carbocycles. The molecule has 0 spiro atoms. The van der Waals surface area contributed by atoms with Crippen LogP contribution in [0.4, 0.5) is 0 Å². The fourth-order valence-corrected chi connectivity index (χ4v) is 1.57. The highest BCUT2D eigenvalue weighted by molar-refractivity contribution is 5.76. The first-order valence-electron chi connectivity index (χ1n) is 5.93. The minimum absolute atomic E-state index is 0.164. The first kappa shape index (κ1) is 12.7. The van der Waals surface area contributed by atoms with Gasteiger partial charge in [-0.2, -0.15) is 0 Å². The fraction of sp³-hybridized carbons (Fsp3) is 0.667. The molecular formula is C12H21N3O. The molecule has 0 radical (unpaired) electrons. The Morgan fingerprint density at radius 3 is 2.81 bits per heavy atom. The lowest BCUT2D eigenvalue weighted by Gasteiger charge is -2.07. The molecule has 0 bridgehead atoms. The van der Waals surface area contributed by atoms with E-state index in [4.69, 9.17) is 0 Å². The highest BCUT2D eigenvalue weighted by Crippen LogP contribution is 2.02. The molecule has 0 atom stereocenters. The van der Waals surface area contributed by atoms with Crippen molar-refractivity contribution >= 4 is 5.91 Å². The summed E-state index contributed by atoms with van der Waals surface area (Å²) in [6.45, 7) is 4.96. The maximum absolute atomic E-state index is 11.3. The molecule has 4 heteroatoms. The van der Waals surface area contributed by atoms with Crippen molar-refractivity contribution < 1.29 is 4.79 Å². The normalized spacial score (nSPS) is 10.7. The van der Waals surface area contributed by atoms with Gasteiger partial charge in [0.05, 0.1) is 6.33 Å². The van der Waals surface area contributed by atoms with Crippen LogP contribution < -0.4 is 5.32 Å². The number of nitrogens with one attached hydrogen (secondary N) is 1. The van der Waals surface area contributed by atoms with Gasteiger partial charge >= 0.3 is 0 Å². The number of nitrogens with zero attached hydrogens (tertiary/aromatic N) is 2. The predicted octanol–water partition coefficient (Wildman–Crippen LogP) is 1.97. The van der Waals surface area contributed by atoms with E-state index in [1.54, 1.807) is 6.20 Å². The Balaban J connectivity index is 1.98. The summed E-state index contributed by atoms with van der Waals surface area (Å²) in [5, 5.41) is 2.89. The van der Waals surface area contributed by atoms with Gasteiger partial charge in [-0.1, -0.05) is 6.42 Å². The highest BCUT2D eigenvalue weighted by atomic mass is 16.1. The smallest absolute Gasteiger partial charge is 0.220 e. The number of aromatic nitrogens is 2. The largest absolute Gasteiger partial charge is 0.354 e. The molecule has 0 unspecified atom stereocenters. The lowest BCUT2D eigenvalue weighted by Crippen LogP contribution is -2.29. The van der Waals surface area contributed by atoms with Crippen LogP contribution in [0, 0.1) is 0 Å². The predicted molar refractivity (Wildman–Crippen MR) is 64.0 cm³/mol. The monoisotopic (exact) mass is 223 g/mol. The van der Waals surface area contributed by atoms with Crippen molar-refractivity contribution in [2.24, 2.45) is 0 Å². The molecule has 1 N–H and O–H groups in total. The van der Waals surface area contributed by atoms with Crippen LogP contribution in [0.3, 0.4) is 0 Å². The van der Waals surface area contributed by atoms with Crippen LogP contribution in [0.1, 0.15) is 39.5 Å². The zero-order valence-electron chi connectivity index (χ0n) is 10.1. The maximum Gasteiger partial charge on any atom is 0.220 e. The fourth-order valence-electron chi connectivity index (χ4n) is 1.57. The molecular weight excluding hydrogens is 202 g/mol. The molecule has 0 fully saturated rings. The summed E-state index contributed by atoms with van der Waals surface area (Å²) in [6, 6.07) is 0.249. The third-order valence-electron chi connectivity index (χ3n) is 2.33. The van der Waals surface area contributed by atoms with Gasteiger partial charge in [-0.3, -0.25) is 4.79 Å². The quantitative estimate of drug-likeness (QED) is 0.718. The third-order valence-corrected chi connectivity index (χ3v) is 2.33. The van der Waals surface area contributed by atoms with Gasteiger partial charge in [0, 0.05) is 31.4 Å². The summed E-state index contributed by atoms with van der Waals surface area (Å²) in [6.07, 6.45) is 9.37. The first-order chi connectivity index (χ1) is 7.68. The summed E-state index contributed by atoms with van der Waals surface area (Å²) in [7, 11) is 0. The van der Waals surface area contributed by atoms with Gasteiger partial charge in [0.2, 0.25) is 5.91 Å². The summed E-state index contributed by atoms with van der Waals surface area (Å²) in [5.41, 5.74) is 0. The topological polar surface area (TPSA) is 46.9 Å². The second-order valence-corrected chi connectivity index (χ2v) is 4.33. The SMILES string of the molecule is CC(C)NC(=O)CCCCCn1ccnc1. The van der Waals surface area contributed by atoms with E-state index in [0.29, 0.717) is 6.42 Å². The number of hydrogen-bond acceptors (Lipinski definition) is 2. The van der Waals surface area contributed by atoms with E-state index in [1.165, 1.54) is 0 Å². The zero-order chi connectivity index (χ0) is 11.8. The molecule has 1 heterocycles. The van der Waals surface area contributed by atoms with Gasteiger partial charge in [-0.15, -0.1) is 0 Å². The van der Waals surface area contributed by atoms with Gasteiger partial charge < -0.3 is 9.88 Å². The average molecular weight is 223 g/mol. The second-order valence-electron chi connectivity index (χ2n) is 4.33. The van der Waals surface area contributed by atoms with E-state index in [9.17, 15) is 4.79 Å². The standard InChI is InChI=1S/C12H21N3O/c1-11(2)14-12(16)6-4-3-5-8-15-9-7-13-10-15/h7,9-11H,3-6,8H2,1-2H3,(H,14,16). The Labute approximate surface area is 97.1 Å². The summed E-state index contributed by atoms with van der Waals surface area (Å²) >= 11 is 0. The zero-order valence-corrected chi connectivity index (χ0v) is 10.1. The lowest BCUT2D eigenvalue weighted by molar-refractivity contribution is -0.121. The molecule has 1 aromatic rings. The number of hydrogen-bond donors (Lipinski definition) is 1. The van der Waals surface area contributed by atoms with Crippen LogP contribution in [0.5, 0.6) is 0 Å². The minimum Gasteiger partial charge on any atom is -0.354 e. The maximum atomic E-state index is 11.3. The van der Waals surface area contributed by atoms with Crippen molar-refractivity contribution in [2.75, 3.05) is 0 Å². The van der Waals surface area contributed by atoms with E-state index in [-0.39, 0.29) is 11.9 Å². The van der Waals surface area contributed by atoms with Crippen LogP contribution in [-0.2, 0) is 11.3 Å². The number of amides is 1. The van der Waals surface area contributed by atoms with Crippen molar-refractivity contribution in [3.63, 3.8) is 0 Å². The van der Waals surface area contributed by atoms with E-state index < -0.39 is 0 Å². The van der Waals surface area contributed by atoms with E-state index >= 15 is 0 Å². The van der Waals surface area contributed by atoms with Gasteiger partial charge in [0.25, 0.3) is 0 Å². The first-order valence-corrected chi connectivity index (χ1v) is 5.93. The molecule has 0 saturated carbocycles. The van der Waals surface area contributed by atoms with Gasteiger partial charge in [0.1, 0.15) is 0 Å². The molecule has 0 aromatic carbocycles. The summed E-state index contributed by atoms with van der Waals surface area (Å²) in [5.74, 6) is 0.164. The van der Waals surface area contributed by atoms with E-state index in [0.717, 1.165) is 25.8 Å². The summed E-state index contributed by atoms with van der Waals surface area (Å²) in [4.78, 5) is 15.3. The number of unbranched alkanes of at least 4 members (excludes halogenated alkanes) is 2. The number of aryl methyl sites for hydroxylation is 1. The Kier molecular flexibility index (Phi) is 5.61. The summed E-state index contributed by atoms with van der Waals surface area (Å²) < 4.78 is 2.06. The number of imidazole rings is 1. The Bertz CT molecular complexity index is 293. The van der Waals surface area contributed by atoms with Crippen molar-refractivity contribution in [2.45, 2.75) is 52.1 Å². The molecule has 16 heavy (non-hydrogen) atoms. The molecule has 90 valence electrons. The van der Waals surface area contributed by atoms with Crippen LogP contribution in [-0.4, -0.2) is 21.5 Å². The van der Waals surface area contributed by atoms with Gasteiger partial charge in [0.15, 0.2) is 0 Å². The molecule has 4 nitrogen and oxygen atoms in total. The molecule has 0 aliphatic heterocycles. The molecule has 0 saturated heterocycles. The Morgan fingerprint density at radius 2 is 2.19 bits per heavy atom. The minimum atomic E-state index is 0.164. The second kappa shape index (κ2) is 7.04. The average Bonchev–Trinajstić information content (AvgIpc) is 2.68. The Morgan fingerprint density at radius 1 is 1.38 bits per heavy atom. The van der Waals surface area contributed by atoms with Crippen molar-refractivity contribution in [1.29, 1.82) is 0 Å². The third kappa shape index (κ3) is 5.53. The van der Waals surface area contributed by atoms with Crippen LogP contribution in [0.2, 0.25) is 0 Å². The molecule has 1 rings (SSSR count). The number of carbonyl (C=O) groups is 1. The van der Waals surface area contributed by atoms with Crippen LogP contribution in [0.25, 0.3) is 0 Å². The van der Waals surface area contributed by atoms with E-state index in [1.807, 2.05) is 26.4 Å². The van der Waals surface area contributed by atoms with Gasteiger partial charge in [-0.25, -0.2) is 4.98 Å². The Hall–Kier alpha value is -1.32. The molecule has 1 aromatic heterocycles.